The number of aliphatic carboxylic acids is 1. The molecule has 3 heteroatoms. The molecular weight excluding hydrogens is 264 g/mol. The van der Waals surface area contributed by atoms with Crippen molar-refractivity contribution in [3.63, 3.8) is 0 Å². The molecule has 0 saturated heterocycles. The Morgan fingerprint density at radius 1 is 0.905 bits per heavy atom. The van der Waals surface area contributed by atoms with Gasteiger partial charge in [0.2, 0.25) is 0 Å². The van der Waals surface area contributed by atoms with Crippen LogP contribution in [0.3, 0.4) is 0 Å². The first-order valence-electron chi connectivity index (χ1n) is 7.89. The largest absolute Gasteiger partial charge is 0.481 e. The van der Waals surface area contributed by atoms with Crippen molar-refractivity contribution >= 4 is 11.8 Å². The van der Waals surface area contributed by atoms with Crippen LogP contribution in [-0.2, 0) is 9.59 Å². The van der Waals surface area contributed by atoms with Crippen molar-refractivity contribution in [3.8, 4) is 0 Å². The van der Waals surface area contributed by atoms with Gasteiger partial charge < -0.3 is 5.11 Å². The Morgan fingerprint density at radius 3 is 2.33 bits per heavy atom. The number of hydrogen-bond acceptors (Lipinski definition) is 2. The van der Waals surface area contributed by atoms with Crippen LogP contribution in [0.4, 0.5) is 0 Å². The Kier molecular flexibility index (Phi) is 13.6. The number of rotatable bonds is 13. The highest BCUT2D eigenvalue weighted by atomic mass is 16.4. The second-order valence-corrected chi connectivity index (χ2v) is 5.04. The third kappa shape index (κ3) is 16.3. The van der Waals surface area contributed by atoms with E-state index in [0.717, 1.165) is 44.9 Å². The van der Waals surface area contributed by atoms with Gasteiger partial charge in [-0.15, -0.1) is 0 Å². The Hall–Kier alpha value is -1.64. The van der Waals surface area contributed by atoms with Crippen LogP contribution in [0.1, 0.15) is 64.7 Å². The monoisotopic (exact) mass is 292 g/mol. The van der Waals surface area contributed by atoms with E-state index in [1.54, 1.807) is 12.2 Å². The molecule has 0 saturated carbocycles. The second-order valence-electron chi connectivity index (χ2n) is 5.04. The summed E-state index contributed by atoms with van der Waals surface area (Å²) in [5.41, 5.74) is 0. The van der Waals surface area contributed by atoms with E-state index in [4.69, 9.17) is 5.11 Å². The fraction of sp³-hybridized carbons (Fsp3) is 0.556. The van der Waals surface area contributed by atoms with Crippen LogP contribution in [0.25, 0.3) is 0 Å². The minimum atomic E-state index is -0.704. The summed E-state index contributed by atoms with van der Waals surface area (Å²) < 4.78 is 0. The lowest BCUT2D eigenvalue weighted by Gasteiger charge is -1.97. The molecule has 0 aromatic rings. The van der Waals surface area contributed by atoms with Gasteiger partial charge in [0.15, 0.2) is 5.78 Å². The summed E-state index contributed by atoms with van der Waals surface area (Å²) in [6.45, 7) is 2.05. The fourth-order valence-electron chi connectivity index (χ4n) is 1.84. The number of carbonyl (C=O) groups is 2. The van der Waals surface area contributed by atoms with Gasteiger partial charge >= 0.3 is 5.97 Å². The molecule has 0 unspecified atom stereocenters. The summed E-state index contributed by atoms with van der Waals surface area (Å²) >= 11 is 0. The maximum absolute atomic E-state index is 11.4. The quantitative estimate of drug-likeness (QED) is 0.229. The van der Waals surface area contributed by atoms with Crippen LogP contribution in [0, 0.1) is 0 Å². The van der Waals surface area contributed by atoms with Gasteiger partial charge in [0.05, 0.1) is 0 Å². The Morgan fingerprint density at radius 2 is 1.62 bits per heavy atom. The van der Waals surface area contributed by atoms with E-state index in [9.17, 15) is 9.59 Å². The van der Waals surface area contributed by atoms with Crippen LogP contribution in [0.5, 0.6) is 0 Å². The van der Waals surface area contributed by atoms with Gasteiger partial charge in [-0.25, -0.2) is 0 Å². The number of carboxylic acid groups (broad SMARTS) is 1. The number of carbonyl (C=O) groups excluding carboxylic acids is 1. The lowest BCUT2D eigenvalue weighted by atomic mass is 10.1. The zero-order valence-electron chi connectivity index (χ0n) is 13.1. The maximum Gasteiger partial charge on any atom is 0.303 e. The third-order valence-electron chi connectivity index (χ3n) is 3.01. The van der Waals surface area contributed by atoms with Crippen molar-refractivity contribution in [2.24, 2.45) is 0 Å². The van der Waals surface area contributed by atoms with Gasteiger partial charge in [0.1, 0.15) is 0 Å². The van der Waals surface area contributed by atoms with E-state index in [-0.39, 0.29) is 12.2 Å². The van der Waals surface area contributed by atoms with Crippen LogP contribution in [-0.4, -0.2) is 16.9 Å². The molecule has 118 valence electrons. The lowest BCUT2D eigenvalue weighted by Crippen LogP contribution is -1.93. The number of carboxylic acids is 1. The van der Waals surface area contributed by atoms with Gasteiger partial charge in [-0.05, 0) is 31.8 Å². The highest BCUT2D eigenvalue weighted by Gasteiger charge is 1.95. The molecule has 0 heterocycles. The highest BCUT2D eigenvalue weighted by molar-refractivity contribution is 5.90. The van der Waals surface area contributed by atoms with E-state index in [2.05, 4.69) is 6.08 Å². The summed E-state index contributed by atoms with van der Waals surface area (Å²) in [6.07, 6.45) is 19.2. The standard InChI is InChI=1S/C18H28O3/c1-2-3-11-14-17(19)15-12-9-7-5-4-6-8-10-13-16-18(20)21/h3,7,9,11-12,15H,2,4-6,8,10,13-14,16H2,1H3,(H,20,21)/b9-7-,11-3-,15-12+. The predicted molar refractivity (Wildman–Crippen MR) is 87.3 cm³/mol. The van der Waals surface area contributed by atoms with Crippen molar-refractivity contribution in [2.75, 3.05) is 0 Å². The minimum Gasteiger partial charge on any atom is -0.481 e. The molecule has 0 aliphatic rings. The van der Waals surface area contributed by atoms with Crippen molar-refractivity contribution in [2.45, 2.75) is 64.7 Å². The summed E-state index contributed by atoms with van der Waals surface area (Å²) in [7, 11) is 0. The molecule has 0 atom stereocenters. The predicted octanol–water partition coefficient (Wildman–Crippen LogP) is 4.84. The summed E-state index contributed by atoms with van der Waals surface area (Å²) in [6, 6.07) is 0. The molecule has 0 aromatic carbocycles. The first kappa shape index (κ1) is 19.4. The molecule has 0 fully saturated rings. The van der Waals surface area contributed by atoms with E-state index in [1.807, 2.05) is 25.2 Å². The second kappa shape index (κ2) is 14.8. The third-order valence-corrected chi connectivity index (χ3v) is 3.01. The SMILES string of the molecule is CC/C=C\CC(=O)/C=C/C=C\CCCCCCCC(=O)O. The average Bonchev–Trinajstić information content (AvgIpc) is 2.44. The first-order valence-corrected chi connectivity index (χ1v) is 7.89. The van der Waals surface area contributed by atoms with E-state index in [0.29, 0.717) is 6.42 Å². The Bertz CT molecular complexity index is 365. The number of hydrogen-bond donors (Lipinski definition) is 1. The van der Waals surface area contributed by atoms with Gasteiger partial charge in [-0.2, -0.15) is 0 Å². The molecule has 3 nitrogen and oxygen atoms in total. The Labute approximate surface area is 128 Å². The zero-order chi connectivity index (χ0) is 15.8. The highest BCUT2D eigenvalue weighted by Crippen LogP contribution is 2.07. The van der Waals surface area contributed by atoms with Crippen molar-refractivity contribution in [1.29, 1.82) is 0 Å². The minimum absolute atomic E-state index is 0.128. The van der Waals surface area contributed by atoms with Crippen molar-refractivity contribution in [1.82, 2.24) is 0 Å². The topological polar surface area (TPSA) is 54.4 Å². The maximum atomic E-state index is 11.4. The summed E-state index contributed by atoms with van der Waals surface area (Å²) in [4.78, 5) is 21.7. The van der Waals surface area contributed by atoms with Crippen LogP contribution < -0.4 is 0 Å². The number of ketones is 1. The molecule has 0 amide bonds. The molecule has 0 aromatic heterocycles. The molecule has 0 aliphatic heterocycles. The van der Waals surface area contributed by atoms with E-state index in [1.165, 1.54) is 0 Å². The average molecular weight is 292 g/mol. The van der Waals surface area contributed by atoms with Gasteiger partial charge in [0.25, 0.3) is 0 Å². The molecule has 0 aliphatic carbocycles. The lowest BCUT2D eigenvalue weighted by molar-refractivity contribution is -0.137. The van der Waals surface area contributed by atoms with Crippen molar-refractivity contribution in [3.05, 3.63) is 36.5 Å². The van der Waals surface area contributed by atoms with Crippen LogP contribution in [0.15, 0.2) is 36.5 Å². The van der Waals surface area contributed by atoms with Crippen LogP contribution in [0.2, 0.25) is 0 Å². The summed E-state index contributed by atoms with van der Waals surface area (Å²) in [5.74, 6) is -0.577. The fourth-order valence-corrected chi connectivity index (χ4v) is 1.84. The van der Waals surface area contributed by atoms with Crippen LogP contribution >= 0.6 is 0 Å². The first-order chi connectivity index (χ1) is 10.2. The molecule has 0 spiro atoms. The Balaban J connectivity index is 3.45. The van der Waals surface area contributed by atoms with E-state index < -0.39 is 5.97 Å². The van der Waals surface area contributed by atoms with Crippen molar-refractivity contribution < 1.29 is 14.7 Å². The molecular formula is C18H28O3. The normalized spacial score (nSPS) is 11.9. The molecule has 0 radical (unpaired) electrons. The molecule has 1 N–H and O–H groups in total. The molecule has 21 heavy (non-hydrogen) atoms. The molecule has 0 bridgehead atoms. The smallest absolute Gasteiger partial charge is 0.303 e. The van der Waals surface area contributed by atoms with Gasteiger partial charge in [-0.1, -0.05) is 56.6 Å². The zero-order valence-corrected chi connectivity index (χ0v) is 13.1. The number of allylic oxidation sites excluding steroid dienone is 6. The summed E-state index contributed by atoms with van der Waals surface area (Å²) in [5, 5.41) is 8.49. The molecule has 0 rings (SSSR count). The van der Waals surface area contributed by atoms with Gasteiger partial charge in [0, 0.05) is 12.8 Å². The van der Waals surface area contributed by atoms with Gasteiger partial charge in [-0.3, -0.25) is 9.59 Å². The van der Waals surface area contributed by atoms with E-state index >= 15 is 0 Å². The number of unbranched alkanes of at least 4 members (excludes halogenated alkanes) is 5.